The molecule has 0 bridgehead atoms. The van der Waals surface area contributed by atoms with E-state index in [2.05, 4.69) is 25.6 Å². The summed E-state index contributed by atoms with van der Waals surface area (Å²) in [6.45, 7) is 1.87. The van der Waals surface area contributed by atoms with Crippen LogP contribution in [0.25, 0.3) is 0 Å². The Bertz CT molecular complexity index is 583. The van der Waals surface area contributed by atoms with Crippen molar-refractivity contribution in [3.63, 3.8) is 0 Å². The predicted molar refractivity (Wildman–Crippen MR) is 67.4 cm³/mol. The van der Waals surface area contributed by atoms with Gasteiger partial charge in [0.2, 0.25) is 0 Å². The molecule has 0 saturated heterocycles. The highest BCUT2D eigenvalue weighted by Crippen LogP contribution is 2.41. The second kappa shape index (κ2) is 4.49. The van der Waals surface area contributed by atoms with Crippen LogP contribution in [0.5, 0.6) is 0 Å². The molecule has 2 aromatic rings. The maximum absolute atomic E-state index is 12.3. The zero-order valence-electron chi connectivity index (χ0n) is 10.9. The first-order valence-corrected chi connectivity index (χ1v) is 6.35. The van der Waals surface area contributed by atoms with Crippen molar-refractivity contribution in [2.24, 2.45) is 7.05 Å². The molecule has 7 nitrogen and oxygen atoms in total. The highest BCUT2D eigenvalue weighted by Gasteiger charge is 2.31. The van der Waals surface area contributed by atoms with Crippen molar-refractivity contribution in [1.29, 1.82) is 0 Å². The second-order valence-corrected chi connectivity index (χ2v) is 4.91. The van der Waals surface area contributed by atoms with Gasteiger partial charge in [-0.15, -0.1) is 0 Å². The minimum absolute atomic E-state index is 0.112. The Morgan fingerprint density at radius 2 is 2.37 bits per heavy atom. The molecule has 1 fully saturated rings. The van der Waals surface area contributed by atoms with E-state index >= 15 is 0 Å². The van der Waals surface area contributed by atoms with Crippen LogP contribution in [0.1, 0.15) is 53.6 Å². The molecule has 0 aromatic carbocycles. The lowest BCUT2D eigenvalue weighted by atomic mass is 10.1. The smallest absolute Gasteiger partial charge is 0.255 e. The van der Waals surface area contributed by atoms with Gasteiger partial charge in [0, 0.05) is 13.0 Å². The summed E-state index contributed by atoms with van der Waals surface area (Å²) in [6.07, 6.45) is 5.34. The van der Waals surface area contributed by atoms with Gasteiger partial charge in [-0.25, -0.2) is 4.98 Å². The first-order valence-electron chi connectivity index (χ1n) is 6.35. The van der Waals surface area contributed by atoms with Crippen LogP contribution in [-0.4, -0.2) is 30.9 Å². The Morgan fingerprint density at radius 3 is 3.00 bits per heavy atom. The van der Waals surface area contributed by atoms with Gasteiger partial charge in [-0.1, -0.05) is 0 Å². The van der Waals surface area contributed by atoms with Gasteiger partial charge in [-0.05, 0) is 19.8 Å². The van der Waals surface area contributed by atoms with Crippen LogP contribution in [0.4, 0.5) is 0 Å². The quantitative estimate of drug-likeness (QED) is 0.855. The van der Waals surface area contributed by atoms with E-state index < -0.39 is 0 Å². The first-order chi connectivity index (χ1) is 9.16. The van der Waals surface area contributed by atoms with E-state index in [0.29, 0.717) is 17.3 Å². The molecule has 3 rings (SSSR count). The zero-order valence-corrected chi connectivity index (χ0v) is 10.9. The molecular weight excluding hydrogens is 244 g/mol. The summed E-state index contributed by atoms with van der Waals surface area (Å²) in [7, 11) is 1.88. The second-order valence-electron chi connectivity index (χ2n) is 4.91. The first kappa shape index (κ1) is 11.9. The highest BCUT2D eigenvalue weighted by atomic mass is 16.1. The van der Waals surface area contributed by atoms with Crippen molar-refractivity contribution in [2.75, 3.05) is 0 Å². The van der Waals surface area contributed by atoms with Crippen LogP contribution >= 0.6 is 0 Å². The Morgan fingerprint density at radius 1 is 1.58 bits per heavy atom. The lowest BCUT2D eigenvalue weighted by Gasteiger charge is -2.11. The minimum Gasteiger partial charge on any atom is -0.342 e. The number of rotatable bonds is 4. The topological polar surface area (TPSA) is 88.5 Å². The fourth-order valence-electron chi connectivity index (χ4n) is 2.23. The third-order valence-corrected chi connectivity index (χ3v) is 3.38. The van der Waals surface area contributed by atoms with Crippen LogP contribution < -0.4 is 5.32 Å². The maximum atomic E-state index is 12.3. The van der Waals surface area contributed by atoms with E-state index in [1.54, 1.807) is 10.9 Å². The molecule has 2 aromatic heterocycles. The van der Waals surface area contributed by atoms with Gasteiger partial charge >= 0.3 is 0 Å². The molecule has 100 valence electrons. The Kier molecular flexibility index (Phi) is 2.81. The summed E-state index contributed by atoms with van der Waals surface area (Å²) in [5, 5.41) is 13.6. The van der Waals surface area contributed by atoms with Crippen LogP contribution in [0.15, 0.2) is 12.5 Å². The van der Waals surface area contributed by atoms with Gasteiger partial charge in [0.25, 0.3) is 5.91 Å². The Hall–Kier alpha value is -2.18. The van der Waals surface area contributed by atoms with Gasteiger partial charge in [-0.3, -0.25) is 14.6 Å². The standard InChI is InChI=1S/C12H16N6O/c1-7(11-13-6-14-17-11)16-12(19)9-5-15-18(2)10(9)8-3-4-8/h5-8H,3-4H2,1-2H3,(H,16,19)(H,13,14,17). The third kappa shape index (κ3) is 2.23. The van der Waals surface area contributed by atoms with Gasteiger partial charge in [0.15, 0.2) is 0 Å². The number of amides is 1. The molecule has 1 unspecified atom stereocenters. The average Bonchev–Trinajstić information content (AvgIpc) is 2.92. The summed E-state index contributed by atoms with van der Waals surface area (Å²) >= 11 is 0. The van der Waals surface area contributed by atoms with E-state index in [0.717, 1.165) is 18.5 Å². The molecule has 0 radical (unpaired) electrons. The summed E-state index contributed by atoms with van der Waals surface area (Å²) in [4.78, 5) is 16.3. The number of nitrogens with one attached hydrogen (secondary N) is 2. The molecule has 0 aliphatic heterocycles. The molecular formula is C12H16N6O. The molecule has 19 heavy (non-hydrogen) atoms. The molecule has 1 aliphatic rings. The Balaban J connectivity index is 1.77. The van der Waals surface area contributed by atoms with Gasteiger partial charge in [0.1, 0.15) is 12.2 Å². The van der Waals surface area contributed by atoms with Crippen molar-refractivity contribution in [2.45, 2.75) is 31.7 Å². The average molecular weight is 260 g/mol. The number of aromatic nitrogens is 5. The summed E-state index contributed by atoms with van der Waals surface area (Å²) in [5.74, 6) is 1.01. The van der Waals surface area contributed by atoms with Gasteiger partial charge < -0.3 is 5.32 Å². The van der Waals surface area contributed by atoms with E-state index in [1.807, 2.05) is 14.0 Å². The SMILES string of the molecule is CC(NC(=O)c1cnn(C)c1C1CC1)c1ncn[nH]1. The third-order valence-electron chi connectivity index (χ3n) is 3.38. The van der Waals surface area contributed by atoms with Crippen LogP contribution in [0.2, 0.25) is 0 Å². The minimum atomic E-state index is -0.206. The number of aromatic amines is 1. The highest BCUT2D eigenvalue weighted by molar-refractivity contribution is 5.95. The summed E-state index contributed by atoms with van der Waals surface area (Å²) in [5.41, 5.74) is 1.69. The van der Waals surface area contributed by atoms with E-state index in [9.17, 15) is 4.79 Å². The number of hydrogen-bond acceptors (Lipinski definition) is 4. The van der Waals surface area contributed by atoms with Crippen molar-refractivity contribution in [1.82, 2.24) is 30.3 Å². The number of aryl methyl sites for hydroxylation is 1. The fourth-order valence-corrected chi connectivity index (χ4v) is 2.23. The summed E-state index contributed by atoms with van der Waals surface area (Å²) < 4.78 is 1.80. The molecule has 0 spiro atoms. The van der Waals surface area contributed by atoms with Crippen LogP contribution in [0, 0.1) is 0 Å². The molecule has 1 amide bonds. The van der Waals surface area contributed by atoms with Gasteiger partial charge in [-0.2, -0.15) is 10.2 Å². The lowest BCUT2D eigenvalue weighted by molar-refractivity contribution is 0.0937. The van der Waals surface area contributed by atoms with Crippen molar-refractivity contribution >= 4 is 5.91 Å². The maximum Gasteiger partial charge on any atom is 0.255 e. The van der Waals surface area contributed by atoms with Crippen molar-refractivity contribution in [3.8, 4) is 0 Å². The van der Waals surface area contributed by atoms with Crippen molar-refractivity contribution in [3.05, 3.63) is 29.6 Å². The largest absolute Gasteiger partial charge is 0.342 e. The van der Waals surface area contributed by atoms with Crippen molar-refractivity contribution < 1.29 is 4.79 Å². The monoisotopic (exact) mass is 260 g/mol. The summed E-state index contributed by atoms with van der Waals surface area (Å²) in [6, 6.07) is -0.206. The van der Waals surface area contributed by atoms with Crippen LogP contribution in [-0.2, 0) is 7.05 Å². The number of hydrogen-bond donors (Lipinski definition) is 2. The van der Waals surface area contributed by atoms with E-state index in [-0.39, 0.29) is 11.9 Å². The molecule has 1 saturated carbocycles. The van der Waals surface area contributed by atoms with Crippen LogP contribution in [0.3, 0.4) is 0 Å². The lowest BCUT2D eigenvalue weighted by Crippen LogP contribution is -2.28. The zero-order chi connectivity index (χ0) is 13.4. The number of H-pyrrole nitrogens is 1. The Labute approximate surface area is 110 Å². The molecule has 7 heteroatoms. The number of nitrogens with zero attached hydrogens (tertiary/aromatic N) is 4. The van der Waals surface area contributed by atoms with E-state index in [1.165, 1.54) is 6.33 Å². The van der Waals surface area contributed by atoms with E-state index in [4.69, 9.17) is 0 Å². The predicted octanol–water partition coefficient (Wildman–Crippen LogP) is 0.907. The molecule has 2 N–H and O–H groups in total. The molecule has 1 aliphatic carbocycles. The fraction of sp³-hybridized carbons (Fsp3) is 0.500. The number of carbonyl (C=O) groups is 1. The molecule has 2 heterocycles. The molecule has 1 atom stereocenters. The number of carbonyl (C=O) groups excluding carboxylic acids is 1. The van der Waals surface area contributed by atoms with Gasteiger partial charge in [0.05, 0.1) is 23.5 Å². The normalized spacial score (nSPS) is 16.3.